The zero-order chi connectivity index (χ0) is 11.5. The van der Waals surface area contributed by atoms with E-state index in [9.17, 15) is 18.0 Å². The second-order valence-electron chi connectivity index (χ2n) is 2.77. The molecule has 0 aliphatic carbocycles. The Bertz CT molecular complexity index is 321. The highest BCUT2D eigenvalue weighted by Crippen LogP contribution is 2.17. The summed E-state index contributed by atoms with van der Waals surface area (Å²) in [6, 6.07) is 0. The maximum atomic E-state index is 12.1. The molecule has 8 heteroatoms. The molecule has 0 fully saturated rings. The van der Waals surface area contributed by atoms with Crippen LogP contribution in [0.15, 0.2) is 6.33 Å². The van der Waals surface area contributed by atoms with Crippen molar-refractivity contribution in [2.45, 2.75) is 13.1 Å². The lowest BCUT2D eigenvalue weighted by Gasteiger charge is -2.20. The van der Waals surface area contributed by atoms with E-state index in [4.69, 9.17) is 0 Å². The summed E-state index contributed by atoms with van der Waals surface area (Å²) in [6.45, 7) is 0.127. The zero-order valence-corrected chi connectivity index (χ0v) is 7.88. The predicted octanol–water partition coefficient (Wildman–Crippen LogP) is 0.829. The van der Waals surface area contributed by atoms with Crippen LogP contribution in [-0.4, -0.2) is 45.3 Å². The quantitative estimate of drug-likeness (QED) is 0.823. The van der Waals surface area contributed by atoms with E-state index in [2.05, 4.69) is 15.2 Å². The van der Waals surface area contributed by atoms with Crippen molar-refractivity contribution < 1.29 is 18.0 Å². The summed E-state index contributed by atoms with van der Waals surface area (Å²) in [5, 5.41) is 5.61. The van der Waals surface area contributed by atoms with Gasteiger partial charge in [0.05, 0.1) is 0 Å². The van der Waals surface area contributed by atoms with Crippen LogP contribution in [0.5, 0.6) is 0 Å². The number of hydrogen-bond acceptors (Lipinski definition) is 3. The third-order valence-electron chi connectivity index (χ3n) is 1.66. The maximum absolute atomic E-state index is 12.1. The minimum Gasteiger partial charge on any atom is -0.327 e. The maximum Gasteiger partial charge on any atom is 0.406 e. The highest BCUT2D eigenvalue weighted by Gasteiger charge is 2.33. The van der Waals surface area contributed by atoms with E-state index in [1.165, 1.54) is 6.92 Å². The average Bonchev–Trinajstić information content (AvgIpc) is 2.64. The summed E-state index contributed by atoms with van der Waals surface area (Å²) in [6.07, 6.45) is -3.35. The van der Waals surface area contributed by atoms with Crippen molar-refractivity contribution in [2.24, 2.45) is 0 Å². The Hall–Kier alpha value is -1.60. The number of carbonyl (C=O) groups excluding carboxylic acids is 1. The van der Waals surface area contributed by atoms with Gasteiger partial charge in [-0.15, -0.1) is 0 Å². The number of aromatic amines is 1. The van der Waals surface area contributed by atoms with Crippen molar-refractivity contribution in [3.05, 3.63) is 12.2 Å². The molecule has 0 aliphatic heterocycles. The van der Waals surface area contributed by atoms with Crippen LogP contribution < -0.4 is 0 Å². The standard InChI is InChI=1S/C7H9F3N4O/c1-2-14(3-7(8,9)10)6(15)5-11-4-12-13-5/h4H,2-3H2,1H3,(H,11,12,13). The van der Waals surface area contributed by atoms with Crippen LogP contribution in [0.3, 0.4) is 0 Å². The van der Waals surface area contributed by atoms with Crippen LogP contribution in [0, 0.1) is 0 Å². The topological polar surface area (TPSA) is 61.9 Å². The largest absolute Gasteiger partial charge is 0.406 e. The lowest BCUT2D eigenvalue weighted by molar-refractivity contribution is -0.140. The van der Waals surface area contributed by atoms with Gasteiger partial charge in [-0.1, -0.05) is 0 Å². The van der Waals surface area contributed by atoms with Gasteiger partial charge in [0.25, 0.3) is 5.91 Å². The third-order valence-corrected chi connectivity index (χ3v) is 1.66. The predicted molar refractivity (Wildman–Crippen MR) is 44.0 cm³/mol. The minimum atomic E-state index is -4.41. The lowest BCUT2D eigenvalue weighted by Crippen LogP contribution is -2.39. The van der Waals surface area contributed by atoms with E-state index in [1.807, 2.05) is 0 Å². The number of H-pyrrole nitrogens is 1. The monoisotopic (exact) mass is 222 g/mol. The summed E-state index contributed by atoms with van der Waals surface area (Å²) < 4.78 is 36.2. The molecule has 1 rings (SSSR count). The van der Waals surface area contributed by atoms with Crippen LogP contribution in [0.25, 0.3) is 0 Å². The van der Waals surface area contributed by atoms with Crippen molar-refractivity contribution in [3.63, 3.8) is 0 Å². The third kappa shape index (κ3) is 3.22. The summed E-state index contributed by atoms with van der Waals surface area (Å²) >= 11 is 0. The number of nitrogens with one attached hydrogen (secondary N) is 1. The van der Waals surface area contributed by atoms with Crippen molar-refractivity contribution in [1.82, 2.24) is 20.1 Å². The van der Waals surface area contributed by atoms with E-state index >= 15 is 0 Å². The highest BCUT2D eigenvalue weighted by molar-refractivity contribution is 5.90. The van der Waals surface area contributed by atoms with Crippen LogP contribution in [0.2, 0.25) is 0 Å². The van der Waals surface area contributed by atoms with Gasteiger partial charge in [-0.2, -0.15) is 18.3 Å². The Labute approximate surface area is 83.3 Å². The number of rotatable bonds is 3. The van der Waals surface area contributed by atoms with Crippen molar-refractivity contribution in [2.75, 3.05) is 13.1 Å². The molecular formula is C7H9F3N4O. The molecular weight excluding hydrogens is 213 g/mol. The molecule has 1 aromatic heterocycles. The van der Waals surface area contributed by atoms with Crippen molar-refractivity contribution in [1.29, 1.82) is 0 Å². The molecule has 0 radical (unpaired) electrons. The fraction of sp³-hybridized carbons (Fsp3) is 0.571. The molecule has 0 aliphatic rings. The zero-order valence-electron chi connectivity index (χ0n) is 7.88. The first kappa shape index (κ1) is 11.5. The Morgan fingerprint density at radius 2 is 2.27 bits per heavy atom. The summed E-state index contributed by atoms with van der Waals surface area (Å²) in [5.41, 5.74) is 0. The molecule has 1 amide bonds. The summed E-state index contributed by atoms with van der Waals surface area (Å²) in [4.78, 5) is 15.5. The Morgan fingerprint density at radius 3 is 2.67 bits per heavy atom. The first-order valence-corrected chi connectivity index (χ1v) is 4.15. The number of carbonyl (C=O) groups is 1. The molecule has 0 saturated heterocycles. The van der Waals surface area contributed by atoms with Gasteiger partial charge < -0.3 is 4.90 Å². The minimum absolute atomic E-state index is 0.0426. The van der Waals surface area contributed by atoms with E-state index in [1.54, 1.807) is 0 Å². The molecule has 0 unspecified atom stereocenters. The molecule has 15 heavy (non-hydrogen) atoms. The number of nitrogens with zero attached hydrogens (tertiary/aromatic N) is 3. The van der Waals surface area contributed by atoms with Crippen LogP contribution in [0.4, 0.5) is 13.2 Å². The molecule has 1 N–H and O–H groups in total. The van der Waals surface area contributed by atoms with Gasteiger partial charge >= 0.3 is 6.18 Å². The van der Waals surface area contributed by atoms with Crippen LogP contribution >= 0.6 is 0 Å². The van der Waals surface area contributed by atoms with E-state index in [0.29, 0.717) is 4.90 Å². The number of alkyl halides is 3. The van der Waals surface area contributed by atoms with Gasteiger partial charge in [0, 0.05) is 6.54 Å². The Morgan fingerprint density at radius 1 is 1.60 bits per heavy atom. The molecule has 0 atom stereocenters. The smallest absolute Gasteiger partial charge is 0.327 e. The summed E-state index contributed by atoms with van der Waals surface area (Å²) in [7, 11) is 0. The second-order valence-corrected chi connectivity index (χ2v) is 2.77. The Balaban J connectivity index is 2.72. The number of amides is 1. The van der Waals surface area contributed by atoms with Gasteiger partial charge in [-0.3, -0.25) is 9.89 Å². The Kier molecular flexibility index (Phi) is 3.28. The first-order valence-electron chi connectivity index (χ1n) is 4.15. The number of aromatic nitrogens is 3. The lowest BCUT2D eigenvalue weighted by atomic mass is 10.4. The fourth-order valence-electron chi connectivity index (χ4n) is 1.00. The van der Waals surface area contributed by atoms with Gasteiger partial charge in [-0.05, 0) is 6.92 Å². The molecule has 0 saturated carbocycles. The number of halogens is 3. The second kappa shape index (κ2) is 4.28. The normalized spacial score (nSPS) is 11.5. The highest BCUT2D eigenvalue weighted by atomic mass is 19.4. The van der Waals surface area contributed by atoms with E-state index < -0.39 is 18.6 Å². The van der Waals surface area contributed by atoms with Gasteiger partial charge in [0.1, 0.15) is 12.9 Å². The van der Waals surface area contributed by atoms with Gasteiger partial charge in [-0.25, -0.2) is 4.98 Å². The fourth-order valence-corrected chi connectivity index (χ4v) is 1.00. The van der Waals surface area contributed by atoms with Gasteiger partial charge in [0.2, 0.25) is 5.82 Å². The molecule has 84 valence electrons. The molecule has 0 spiro atoms. The van der Waals surface area contributed by atoms with Crippen LogP contribution in [-0.2, 0) is 0 Å². The molecule has 0 aromatic carbocycles. The van der Waals surface area contributed by atoms with Crippen molar-refractivity contribution >= 4 is 5.91 Å². The summed E-state index contributed by atoms with van der Waals surface area (Å²) in [5.74, 6) is -1.01. The van der Waals surface area contributed by atoms with E-state index in [-0.39, 0.29) is 12.4 Å². The van der Waals surface area contributed by atoms with E-state index in [0.717, 1.165) is 6.33 Å². The molecule has 5 nitrogen and oxygen atoms in total. The average molecular weight is 222 g/mol. The molecule has 1 heterocycles. The SMILES string of the molecule is CCN(CC(F)(F)F)C(=O)c1ncn[nH]1. The van der Waals surface area contributed by atoms with Crippen molar-refractivity contribution in [3.8, 4) is 0 Å². The van der Waals surface area contributed by atoms with Gasteiger partial charge in [0.15, 0.2) is 0 Å². The molecule has 0 bridgehead atoms. The van der Waals surface area contributed by atoms with Crippen LogP contribution in [0.1, 0.15) is 17.5 Å². The first-order chi connectivity index (χ1) is 6.94. The number of hydrogen-bond donors (Lipinski definition) is 1. The molecule has 1 aromatic rings.